The van der Waals surface area contributed by atoms with Crippen molar-refractivity contribution in [1.29, 1.82) is 0 Å². The van der Waals surface area contributed by atoms with E-state index in [4.69, 9.17) is 30.4 Å². The lowest BCUT2D eigenvalue weighted by Crippen LogP contribution is -2.26. The van der Waals surface area contributed by atoms with E-state index in [2.05, 4.69) is 15.3 Å². The number of nitrogens with one attached hydrogen (secondary N) is 1. The first-order valence-corrected chi connectivity index (χ1v) is 10.9. The predicted octanol–water partition coefficient (Wildman–Crippen LogP) is 2.90. The van der Waals surface area contributed by atoms with E-state index in [-0.39, 0.29) is 12.7 Å². The fraction of sp³-hybridized carbons (Fsp3) is 0.292. The second kappa shape index (κ2) is 10.7. The highest BCUT2D eigenvalue weighted by molar-refractivity contribution is 5.75. The molecule has 0 unspecified atom stereocenters. The number of nitrogens with two attached hydrogens (primary N) is 2. The number of carbonyl (C=O) groups is 1. The molecule has 0 saturated carbocycles. The monoisotopic (exact) mass is 465 g/mol. The molecular weight excluding hydrogens is 438 g/mol. The molecule has 10 nitrogen and oxygen atoms in total. The first-order chi connectivity index (χ1) is 16.5. The van der Waals surface area contributed by atoms with Gasteiger partial charge >= 0.3 is 0 Å². The Morgan fingerprint density at radius 2 is 1.91 bits per heavy atom. The van der Waals surface area contributed by atoms with Crippen LogP contribution >= 0.6 is 0 Å². The summed E-state index contributed by atoms with van der Waals surface area (Å²) in [5.41, 5.74) is 14.2. The molecular formula is C24H27N5O5. The topological polar surface area (TPSA) is 144 Å². The van der Waals surface area contributed by atoms with Crippen molar-refractivity contribution in [1.82, 2.24) is 9.97 Å². The molecule has 2 aromatic carbocycles. The number of hydrogen-bond acceptors (Lipinski definition) is 9. The van der Waals surface area contributed by atoms with Gasteiger partial charge in [-0.2, -0.15) is 0 Å². The molecule has 1 aromatic heterocycles. The summed E-state index contributed by atoms with van der Waals surface area (Å²) < 4.78 is 22.1. The maximum Gasteiger partial charge on any atom is 0.255 e. The van der Waals surface area contributed by atoms with Crippen molar-refractivity contribution in [3.63, 3.8) is 0 Å². The summed E-state index contributed by atoms with van der Waals surface area (Å²) in [4.78, 5) is 19.9. The second-order valence-corrected chi connectivity index (χ2v) is 7.69. The Kier molecular flexibility index (Phi) is 7.28. The number of aromatic nitrogens is 2. The minimum absolute atomic E-state index is 0.109. The fourth-order valence-corrected chi connectivity index (χ4v) is 3.51. The number of nitrogens with zero attached hydrogens (tertiary/aromatic N) is 2. The van der Waals surface area contributed by atoms with Gasteiger partial charge in [-0.1, -0.05) is 0 Å². The number of ether oxygens (including phenoxy) is 4. The van der Waals surface area contributed by atoms with E-state index < -0.39 is 5.91 Å². The number of methoxy groups -OCH3 is 1. The Morgan fingerprint density at radius 3 is 2.65 bits per heavy atom. The predicted molar refractivity (Wildman–Crippen MR) is 127 cm³/mol. The highest BCUT2D eigenvalue weighted by atomic mass is 16.5. The van der Waals surface area contributed by atoms with Crippen molar-refractivity contribution in [2.45, 2.75) is 18.9 Å². The van der Waals surface area contributed by atoms with Crippen LogP contribution in [-0.2, 0) is 9.53 Å². The van der Waals surface area contributed by atoms with Gasteiger partial charge in [0, 0.05) is 36.4 Å². The lowest BCUT2D eigenvalue weighted by molar-refractivity contribution is -0.119. The van der Waals surface area contributed by atoms with E-state index in [1.54, 1.807) is 30.5 Å². The van der Waals surface area contributed by atoms with Crippen molar-refractivity contribution < 1.29 is 23.7 Å². The molecule has 2 heterocycles. The maximum atomic E-state index is 11.1. The van der Waals surface area contributed by atoms with E-state index in [1.165, 1.54) is 7.11 Å². The lowest BCUT2D eigenvalue weighted by atomic mass is 10.1. The molecule has 1 amide bonds. The van der Waals surface area contributed by atoms with Crippen molar-refractivity contribution >= 4 is 23.2 Å². The Morgan fingerprint density at radius 1 is 1.12 bits per heavy atom. The third-order valence-electron chi connectivity index (χ3n) is 5.21. The molecule has 4 rings (SSSR count). The first-order valence-electron chi connectivity index (χ1n) is 10.9. The van der Waals surface area contributed by atoms with Crippen LogP contribution in [0.15, 0.2) is 48.7 Å². The summed E-state index contributed by atoms with van der Waals surface area (Å²) in [6, 6.07) is 12.6. The third kappa shape index (κ3) is 5.84. The molecule has 0 bridgehead atoms. The van der Waals surface area contributed by atoms with Crippen LogP contribution in [0.25, 0.3) is 11.3 Å². The fourth-order valence-electron chi connectivity index (χ4n) is 3.51. The van der Waals surface area contributed by atoms with Crippen molar-refractivity contribution in [2.24, 2.45) is 5.73 Å². The number of benzene rings is 2. The zero-order chi connectivity index (χ0) is 23.9. The summed E-state index contributed by atoms with van der Waals surface area (Å²) in [5, 5.41) is 3.13. The molecule has 0 radical (unpaired) electrons. The van der Waals surface area contributed by atoms with Gasteiger partial charge in [-0.05, 0) is 36.4 Å². The van der Waals surface area contributed by atoms with Gasteiger partial charge < -0.3 is 35.7 Å². The van der Waals surface area contributed by atoms with Crippen molar-refractivity contribution in [3.8, 4) is 28.5 Å². The van der Waals surface area contributed by atoms with Crippen LogP contribution in [0.4, 0.5) is 17.3 Å². The Hall–Kier alpha value is -4.05. The molecule has 5 N–H and O–H groups in total. The van der Waals surface area contributed by atoms with Crippen LogP contribution in [0.1, 0.15) is 12.8 Å². The quantitative estimate of drug-likeness (QED) is 0.406. The summed E-state index contributed by atoms with van der Waals surface area (Å²) in [6.45, 7) is 1.14. The van der Waals surface area contributed by atoms with Gasteiger partial charge in [-0.3, -0.25) is 4.79 Å². The minimum Gasteiger partial charge on any atom is -0.493 e. The molecule has 1 aliphatic heterocycles. The molecule has 34 heavy (non-hydrogen) atoms. The van der Waals surface area contributed by atoms with Crippen LogP contribution in [0, 0.1) is 0 Å². The molecule has 10 heteroatoms. The number of nitrogen functional groups attached to an aromatic ring is 1. The van der Waals surface area contributed by atoms with Crippen LogP contribution in [0.5, 0.6) is 17.2 Å². The van der Waals surface area contributed by atoms with Crippen molar-refractivity contribution in [2.75, 3.05) is 38.0 Å². The van der Waals surface area contributed by atoms with E-state index in [1.807, 2.05) is 18.2 Å². The van der Waals surface area contributed by atoms with E-state index in [0.29, 0.717) is 53.5 Å². The lowest BCUT2D eigenvalue weighted by Gasteiger charge is -2.24. The summed E-state index contributed by atoms with van der Waals surface area (Å²) >= 11 is 0. The standard InChI is InChI=1S/C24H27N5O5/c1-31-21-5-3-16(13-22(21)33-14-23(26)30)28-24-27-9-6-19(29-24)15-2-4-20(18(25)12-15)34-17-7-10-32-11-8-17/h2-6,9,12-13,17H,7-8,10-11,14,25H2,1H3,(H2,26,30)(H,27,28,29). The van der Waals surface area contributed by atoms with Crippen LogP contribution in [0.3, 0.4) is 0 Å². The Labute approximate surface area is 197 Å². The van der Waals surface area contributed by atoms with Gasteiger partial charge in [0.1, 0.15) is 11.9 Å². The summed E-state index contributed by atoms with van der Waals surface area (Å²) in [5.74, 6) is 1.30. The Balaban J connectivity index is 1.49. The average Bonchev–Trinajstić information content (AvgIpc) is 2.85. The number of rotatable bonds is 9. The molecule has 1 aliphatic rings. The summed E-state index contributed by atoms with van der Waals surface area (Å²) in [6.07, 6.45) is 3.46. The molecule has 1 fully saturated rings. The van der Waals surface area contributed by atoms with Crippen LogP contribution < -0.4 is 31.0 Å². The van der Waals surface area contributed by atoms with E-state index in [9.17, 15) is 4.79 Å². The van der Waals surface area contributed by atoms with Gasteiger partial charge in [0.2, 0.25) is 5.95 Å². The summed E-state index contributed by atoms with van der Waals surface area (Å²) in [7, 11) is 1.51. The zero-order valence-electron chi connectivity index (χ0n) is 18.8. The van der Waals surface area contributed by atoms with Gasteiger partial charge in [-0.25, -0.2) is 9.97 Å². The number of primary amides is 1. The number of carbonyl (C=O) groups excluding carboxylic acids is 1. The second-order valence-electron chi connectivity index (χ2n) is 7.69. The van der Waals surface area contributed by atoms with Crippen LogP contribution in [-0.4, -0.2) is 48.9 Å². The van der Waals surface area contributed by atoms with Crippen molar-refractivity contribution in [3.05, 3.63) is 48.7 Å². The van der Waals surface area contributed by atoms with Crippen LogP contribution in [0.2, 0.25) is 0 Å². The van der Waals surface area contributed by atoms with Gasteiger partial charge in [0.15, 0.2) is 18.1 Å². The van der Waals surface area contributed by atoms with Gasteiger partial charge in [-0.15, -0.1) is 0 Å². The normalized spacial score (nSPS) is 13.8. The largest absolute Gasteiger partial charge is 0.493 e. The molecule has 0 spiro atoms. The van der Waals surface area contributed by atoms with Gasteiger partial charge in [0.25, 0.3) is 5.91 Å². The Bertz CT molecular complexity index is 1150. The van der Waals surface area contributed by atoms with E-state index in [0.717, 1.165) is 18.4 Å². The first kappa shape index (κ1) is 23.1. The maximum absolute atomic E-state index is 11.1. The SMILES string of the molecule is COc1ccc(Nc2nccc(-c3ccc(OC4CCOCC4)c(N)c3)n2)cc1OCC(N)=O. The molecule has 178 valence electrons. The number of anilines is 3. The number of amides is 1. The highest BCUT2D eigenvalue weighted by Crippen LogP contribution is 2.32. The highest BCUT2D eigenvalue weighted by Gasteiger charge is 2.17. The zero-order valence-corrected chi connectivity index (χ0v) is 18.8. The molecule has 1 saturated heterocycles. The molecule has 0 aliphatic carbocycles. The molecule has 3 aromatic rings. The number of hydrogen-bond donors (Lipinski definition) is 3. The smallest absolute Gasteiger partial charge is 0.255 e. The third-order valence-corrected chi connectivity index (χ3v) is 5.21. The van der Waals surface area contributed by atoms with Gasteiger partial charge in [0.05, 0.1) is 31.7 Å². The minimum atomic E-state index is -0.583. The molecule has 0 atom stereocenters. The average molecular weight is 466 g/mol. The van der Waals surface area contributed by atoms with E-state index >= 15 is 0 Å².